The van der Waals surface area contributed by atoms with E-state index in [9.17, 15) is 4.79 Å². The lowest BCUT2D eigenvalue weighted by Gasteiger charge is -2.15. The fourth-order valence-electron chi connectivity index (χ4n) is 2.81. The molecule has 0 aliphatic carbocycles. The lowest BCUT2D eigenvalue weighted by atomic mass is 10.0. The van der Waals surface area contributed by atoms with Crippen molar-refractivity contribution < 1.29 is 4.90 Å². The quantitative estimate of drug-likeness (QED) is 0.776. The van der Waals surface area contributed by atoms with Crippen LogP contribution in [0.5, 0.6) is 0 Å². The zero-order valence-corrected chi connectivity index (χ0v) is 14.4. The van der Waals surface area contributed by atoms with Gasteiger partial charge in [0.15, 0.2) is 6.67 Å². The molecule has 0 saturated heterocycles. The molecule has 0 fully saturated rings. The van der Waals surface area contributed by atoms with Gasteiger partial charge in [-0.3, -0.25) is 4.79 Å². The van der Waals surface area contributed by atoms with Crippen LogP contribution in [0.2, 0.25) is 0 Å². The summed E-state index contributed by atoms with van der Waals surface area (Å²) in [5.41, 5.74) is 3.14. The minimum absolute atomic E-state index is 0.0879. The summed E-state index contributed by atoms with van der Waals surface area (Å²) in [5, 5.41) is 8.80. The minimum Gasteiger partial charge on any atom is -0.315 e. The van der Waals surface area contributed by atoms with Crippen molar-refractivity contribution in [1.82, 2.24) is 15.0 Å². The van der Waals surface area contributed by atoms with Crippen molar-refractivity contribution >= 4 is 10.9 Å². The zero-order valence-electron chi connectivity index (χ0n) is 14.4. The van der Waals surface area contributed by atoms with Crippen LogP contribution in [0, 0.1) is 0 Å². The molecule has 0 spiro atoms. The third-order valence-corrected chi connectivity index (χ3v) is 4.20. The maximum atomic E-state index is 12.5. The van der Waals surface area contributed by atoms with Crippen LogP contribution in [-0.2, 0) is 13.2 Å². The summed E-state index contributed by atoms with van der Waals surface area (Å²) < 4.78 is 1.44. The van der Waals surface area contributed by atoms with E-state index in [0.29, 0.717) is 23.5 Å². The molecular formula is C19H23N4O+. The first-order valence-corrected chi connectivity index (χ1v) is 8.27. The second-order valence-corrected chi connectivity index (χ2v) is 6.60. The highest BCUT2D eigenvalue weighted by atomic mass is 16.1. The predicted molar refractivity (Wildman–Crippen MR) is 94.9 cm³/mol. The van der Waals surface area contributed by atoms with Gasteiger partial charge in [0.25, 0.3) is 5.56 Å². The van der Waals surface area contributed by atoms with E-state index in [4.69, 9.17) is 0 Å². The van der Waals surface area contributed by atoms with Crippen molar-refractivity contribution in [3.8, 4) is 0 Å². The van der Waals surface area contributed by atoms with Gasteiger partial charge in [-0.25, -0.2) is 0 Å². The maximum absolute atomic E-state index is 12.5. The van der Waals surface area contributed by atoms with Gasteiger partial charge in [-0.2, -0.15) is 4.68 Å². The van der Waals surface area contributed by atoms with E-state index in [1.165, 1.54) is 20.7 Å². The Bertz CT molecular complexity index is 884. The molecule has 3 aromatic rings. The lowest BCUT2D eigenvalue weighted by Crippen LogP contribution is -3.07. The Morgan fingerprint density at radius 3 is 2.50 bits per heavy atom. The molecule has 1 unspecified atom stereocenters. The summed E-state index contributed by atoms with van der Waals surface area (Å²) in [5.74, 6) is 0.538. The van der Waals surface area contributed by atoms with Crippen molar-refractivity contribution in [1.29, 1.82) is 0 Å². The Morgan fingerprint density at radius 1 is 1.08 bits per heavy atom. The number of aromatic nitrogens is 3. The number of nitrogens with zero attached hydrogens (tertiary/aromatic N) is 3. The van der Waals surface area contributed by atoms with Crippen LogP contribution in [-0.4, -0.2) is 22.0 Å². The van der Waals surface area contributed by atoms with Gasteiger partial charge < -0.3 is 4.90 Å². The number of hydrogen-bond acceptors (Lipinski definition) is 3. The summed E-state index contributed by atoms with van der Waals surface area (Å²) in [7, 11) is 2.06. The molecule has 124 valence electrons. The van der Waals surface area contributed by atoms with E-state index in [2.05, 4.69) is 55.5 Å². The molecule has 24 heavy (non-hydrogen) atoms. The highest BCUT2D eigenvalue weighted by molar-refractivity contribution is 5.76. The normalized spacial score (nSPS) is 12.7. The molecule has 0 amide bonds. The van der Waals surface area contributed by atoms with Crippen LogP contribution in [0.4, 0.5) is 0 Å². The number of rotatable bonds is 5. The molecule has 1 heterocycles. The Morgan fingerprint density at radius 2 is 1.79 bits per heavy atom. The fraction of sp³-hybridized carbons (Fsp3) is 0.316. The monoisotopic (exact) mass is 323 g/mol. The molecule has 0 radical (unpaired) electrons. The minimum atomic E-state index is -0.0879. The van der Waals surface area contributed by atoms with E-state index in [1.807, 2.05) is 12.1 Å². The van der Waals surface area contributed by atoms with Gasteiger partial charge in [-0.05, 0) is 23.6 Å². The Labute approximate surface area is 141 Å². The Kier molecular flexibility index (Phi) is 4.71. The van der Waals surface area contributed by atoms with Crippen molar-refractivity contribution in [3.63, 3.8) is 0 Å². The summed E-state index contributed by atoms with van der Waals surface area (Å²) in [6.45, 7) is 5.70. The van der Waals surface area contributed by atoms with Gasteiger partial charge in [0.05, 0.1) is 12.4 Å². The molecule has 5 heteroatoms. The molecular weight excluding hydrogens is 300 g/mol. The first-order valence-electron chi connectivity index (χ1n) is 8.27. The largest absolute Gasteiger partial charge is 0.315 e. The second kappa shape index (κ2) is 6.93. The van der Waals surface area contributed by atoms with E-state index in [0.717, 1.165) is 6.54 Å². The van der Waals surface area contributed by atoms with Gasteiger partial charge in [0.1, 0.15) is 12.1 Å². The highest BCUT2D eigenvalue weighted by Gasteiger charge is 2.10. The maximum Gasteiger partial charge on any atom is 0.282 e. The zero-order chi connectivity index (χ0) is 17.1. The van der Waals surface area contributed by atoms with Crippen LogP contribution in [0.3, 0.4) is 0 Å². The van der Waals surface area contributed by atoms with Crippen molar-refractivity contribution in [3.05, 3.63) is 70.0 Å². The molecule has 3 rings (SSSR count). The first kappa shape index (κ1) is 16.3. The Hall–Kier alpha value is -2.53. The molecule has 0 bridgehead atoms. The summed E-state index contributed by atoms with van der Waals surface area (Å²) >= 11 is 0. The summed E-state index contributed by atoms with van der Waals surface area (Å²) in [6, 6.07) is 16.0. The molecule has 0 aliphatic heterocycles. The van der Waals surface area contributed by atoms with E-state index >= 15 is 0 Å². The Balaban J connectivity index is 1.74. The molecule has 1 N–H and O–H groups in total. The molecule has 1 aromatic heterocycles. The van der Waals surface area contributed by atoms with Crippen LogP contribution < -0.4 is 10.5 Å². The first-order chi connectivity index (χ1) is 11.5. The standard InChI is InChI=1S/C19H22N4O/c1-14(2)16-10-8-15(9-11-16)12-22(3)13-23-19(24)17-6-4-5-7-18(17)20-21-23/h4-11,14H,12-13H2,1-3H3/p+1. The molecule has 0 saturated carbocycles. The number of benzene rings is 2. The topological polar surface area (TPSA) is 52.2 Å². The van der Waals surface area contributed by atoms with E-state index in [-0.39, 0.29) is 5.56 Å². The van der Waals surface area contributed by atoms with Gasteiger partial charge >= 0.3 is 0 Å². The second-order valence-electron chi connectivity index (χ2n) is 6.60. The predicted octanol–water partition coefficient (Wildman–Crippen LogP) is 1.59. The third-order valence-electron chi connectivity index (χ3n) is 4.20. The fourth-order valence-corrected chi connectivity index (χ4v) is 2.81. The van der Waals surface area contributed by atoms with E-state index in [1.54, 1.807) is 12.1 Å². The molecule has 5 nitrogen and oxygen atoms in total. The summed E-state index contributed by atoms with van der Waals surface area (Å²) in [4.78, 5) is 13.7. The smallest absolute Gasteiger partial charge is 0.282 e. The van der Waals surface area contributed by atoms with E-state index < -0.39 is 0 Å². The molecule has 0 aliphatic rings. The third kappa shape index (κ3) is 3.51. The van der Waals surface area contributed by atoms with Gasteiger partial charge in [-0.15, -0.1) is 5.10 Å². The molecule has 2 aromatic carbocycles. The average Bonchev–Trinajstić information content (AvgIpc) is 2.58. The van der Waals surface area contributed by atoms with Gasteiger partial charge in [0, 0.05) is 5.56 Å². The van der Waals surface area contributed by atoms with Crippen LogP contribution in [0.15, 0.2) is 53.3 Å². The SMILES string of the molecule is CC(C)c1ccc(C[NH+](C)Cn2nnc3ccccc3c2=O)cc1. The van der Waals surface area contributed by atoms with Crippen LogP contribution in [0.25, 0.3) is 10.9 Å². The van der Waals surface area contributed by atoms with Crippen molar-refractivity contribution in [2.24, 2.45) is 0 Å². The van der Waals surface area contributed by atoms with Gasteiger partial charge in [-0.1, -0.05) is 55.5 Å². The average molecular weight is 323 g/mol. The lowest BCUT2D eigenvalue weighted by molar-refractivity contribution is -0.917. The van der Waals surface area contributed by atoms with Gasteiger partial charge in [0.2, 0.25) is 0 Å². The van der Waals surface area contributed by atoms with Crippen LogP contribution >= 0.6 is 0 Å². The van der Waals surface area contributed by atoms with Crippen LogP contribution in [0.1, 0.15) is 30.9 Å². The number of hydrogen-bond donors (Lipinski definition) is 1. The van der Waals surface area contributed by atoms with Crippen molar-refractivity contribution in [2.75, 3.05) is 7.05 Å². The molecule has 1 atom stereocenters. The van der Waals surface area contributed by atoms with Crippen molar-refractivity contribution in [2.45, 2.75) is 33.0 Å². The highest BCUT2D eigenvalue weighted by Crippen LogP contribution is 2.14. The number of quaternary nitrogens is 1. The number of fused-ring (bicyclic) bond motifs is 1. The summed E-state index contributed by atoms with van der Waals surface area (Å²) in [6.07, 6.45) is 0. The number of nitrogens with one attached hydrogen (secondary N) is 1.